The van der Waals surface area contributed by atoms with Gasteiger partial charge in [-0.25, -0.2) is 23.1 Å². The molecule has 0 aliphatic heterocycles. The summed E-state index contributed by atoms with van der Waals surface area (Å²) in [7, 11) is -3.84. The lowest BCUT2D eigenvalue weighted by molar-refractivity contribution is -0.115. The van der Waals surface area contributed by atoms with E-state index in [0.29, 0.717) is 17.1 Å². The highest BCUT2D eigenvalue weighted by molar-refractivity contribution is 8.00. The number of anilines is 2. The van der Waals surface area contributed by atoms with Crippen molar-refractivity contribution < 1.29 is 13.2 Å². The van der Waals surface area contributed by atoms with Gasteiger partial charge in [0.15, 0.2) is 0 Å². The van der Waals surface area contributed by atoms with Gasteiger partial charge in [-0.2, -0.15) is 0 Å². The van der Waals surface area contributed by atoms with Crippen LogP contribution in [0, 0.1) is 13.8 Å². The van der Waals surface area contributed by atoms with Gasteiger partial charge >= 0.3 is 0 Å². The fraction of sp³-hybridized carbons (Fsp3) is 0.190. The molecule has 3 rings (SSSR count). The Bertz CT molecular complexity index is 1110. The van der Waals surface area contributed by atoms with Crippen molar-refractivity contribution in [3.05, 3.63) is 72.1 Å². The summed E-state index contributed by atoms with van der Waals surface area (Å²) in [6, 6.07) is 17.4. The fourth-order valence-corrected chi connectivity index (χ4v) is 4.50. The van der Waals surface area contributed by atoms with Crippen LogP contribution in [0.15, 0.2) is 70.5 Å². The van der Waals surface area contributed by atoms with Gasteiger partial charge < -0.3 is 5.32 Å². The van der Waals surface area contributed by atoms with Gasteiger partial charge in [0.25, 0.3) is 10.0 Å². The van der Waals surface area contributed by atoms with Crippen LogP contribution in [-0.4, -0.2) is 29.5 Å². The summed E-state index contributed by atoms with van der Waals surface area (Å²) >= 11 is 1.45. The predicted molar refractivity (Wildman–Crippen MR) is 119 cm³/mol. The molecule has 3 aromatic rings. The van der Waals surface area contributed by atoms with Crippen molar-refractivity contribution >= 4 is 39.3 Å². The Hall–Kier alpha value is -2.91. The van der Waals surface area contributed by atoms with Gasteiger partial charge in [0, 0.05) is 22.0 Å². The Morgan fingerprint density at radius 3 is 2.17 bits per heavy atom. The van der Waals surface area contributed by atoms with E-state index in [1.807, 2.05) is 37.3 Å². The molecule has 0 spiro atoms. The van der Waals surface area contributed by atoms with Crippen molar-refractivity contribution in [3.63, 3.8) is 0 Å². The van der Waals surface area contributed by atoms with Gasteiger partial charge in [0.2, 0.25) is 11.9 Å². The number of aryl methyl sites for hydroxylation is 2. The van der Waals surface area contributed by atoms with Crippen LogP contribution in [0.5, 0.6) is 0 Å². The second kappa shape index (κ2) is 9.27. The van der Waals surface area contributed by atoms with Crippen LogP contribution in [0.25, 0.3) is 0 Å². The van der Waals surface area contributed by atoms with E-state index in [9.17, 15) is 13.2 Å². The highest BCUT2D eigenvalue weighted by atomic mass is 32.2. The fourth-order valence-electron chi connectivity index (χ4n) is 2.67. The summed E-state index contributed by atoms with van der Waals surface area (Å²) in [6.45, 7) is 5.35. The first-order valence-corrected chi connectivity index (χ1v) is 11.6. The molecule has 1 heterocycles. The molecule has 0 unspecified atom stereocenters. The SMILES string of the molecule is Cc1cc(C)nc(NS(=O)(=O)c2ccc(NC(=O)[C@@H](C)Sc3ccccc3)cc2)n1. The number of nitrogens with zero attached hydrogens (tertiary/aromatic N) is 2. The minimum Gasteiger partial charge on any atom is -0.325 e. The van der Waals surface area contributed by atoms with E-state index < -0.39 is 10.0 Å². The molecule has 0 aliphatic carbocycles. The molecule has 9 heteroatoms. The average Bonchev–Trinajstić information content (AvgIpc) is 2.68. The van der Waals surface area contributed by atoms with Crippen molar-refractivity contribution in [2.45, 2.75) is 35.8 Å². The summed E-state index contributed by atoms with van der Waals surface area (Å²) in [6.07, 6.45) is 0. The summed E-state index contributed by atoms with van der Waals surface area (Å²) < 4.78 is 27.6. The quantitative estimate of drug-likeness (QED) is 0.536. The number of hydrogen-bond acceptors (Lipinski definition) is 6. The van der Waals surface area contributed by atoms with Crippen molar-refractivity contribution in [3.8, 4) is 0 Å². The van der Waals surface area contributed by atoms with Gasteiger partial charge in [-0.1, -0.05) is 18.2 Å². The molecule has 1 amide bonds. The maximum Gasteiger partial charge on any atom is 0.264 e. The van der Waals surface area contributed by atoms with Crippen LogP contribution >= 0.6 is 11.8 Å². The number of thioether (sulfide) groups is 1. The van der Waals surface area contributed by atoms with E-state index in [-0.39, 0.29) is 22.0 Å². The van der Waals surface area contributed by atoms with Crippen molar-refractivity contribution in [2.75, 3.05) is 10.0 Å². The number of sulfonamides is 1. The third kappa shape index (κ3) is 5.80. The van der Waals surface area contributed by atoms with E-state index in [0.717, 1.165) is 4.90 Å². The standard InChI is InChI=1S/C21H22N4O3S2/c1-14-13-15(2)23-21(22-14)25-30(27,28)19-11-9-17(10-12-19)24-20(26)16(3)29-18-7-5-4-6-8-18/h4-13,16H,1-3H3,(H,24,26)(H,22,23,25)/t16-/m1/s1. The smallest absolute Gasteiger partial charge is 0.264 e. The molecule has 2 aromatic carbocycles. The maximum absolute atomic E-state index is 12.6. The van der Waals surface area contributed by atoms with Crippen LogP contribution < -0.4 is 10.0 Å². The summed E-state index contributed by atoms with van der Waals surface area (Å²) in [5.41, 5.74) is 1.85. The van der Waals surface area contributed by atoms with Crippen LogP contribution in [0.3, 0.4) is 0 Å². The molecule has 7 nitrogen and oxygen atoms in total. The number of benzene rings is 2. The van der Waals surface area contributed by atoms with Crippen molar-refractivity contribution in [1.82, 2.24) is 9.97 Å². The van der Waals surface area contributed by atoms with Gasteiger partial charge in [0.05, 0.1) is 10.1 Å². The number of rotatable bonds is 7. The van der Waals surface area contributed by atoms with Crippen LogP contribution in [0.2, 0.25) is 0 Å². The van der Waals surface area contributed by atoms with E-state index in [1.165, 1.54) is 23.9 Å². The van der Waals surface area contributed by atoms with E-state index in [1.54, 1.807) is 32.0 Å². The molecule has 1 atom stereocenters. The highest BCUT2D eigenvalue weighted by Crippen LogP contribution is 2.24. The number of carbonyl (C=O) groups is 1. The van der Waals surface area contributed by atoms with E-state index in [2.05, 4.69) is 20.0 Å². The topological polar surface area (TPSA) is 101 Å². The molecular formula is C21H22N4O3S2. The number of aromatic nitrogens is 2. The van der Waals surface area contributed by atoms with Gasteiger partial charge in [-0.3, -0.25) is 4.79 Å². The molecule has 1 aromatic heterocycles. The van der Waals surface area contributed by atoms with Crippen molar-refractivity contribution in [1.29, 1.82) is 0 Å². The first kappa shape index (κ1) is 21.8. The Labute approximate surface area is 180 Å². The molecule has 156 valence electrons. The normalized spacial score (nSPS) is 12.2. The lowest BCUT2D eigenvalue weighted by Gasteiger charge is -2.13. The summed E-state index contributed by atoms with van der Waals surface area (Å²) in [5.74, 6) is -0.141. The molecule has 2 N–H and O–H groups in total. The zero-order valence-electron chi connectivity index (χ0n) is 16.8. The predicted octanol–water partition coefficient (Wildman–Crippen LogP) is 4.01. The Balaban J connectivity index is 1.65. The Morgan fingerprint density at radius 2 is 1.57 bits per heavy atom. The second-order valence-electron chi connectivity index (χ2n) is 6.67. The van der Waals surface area contributed by atoms with Gasteiger partial charge in [0.1, 0.15) is 0 Å². The minimum absolute atomic E-state index is 0.0247. The summed E-state index contributed by atoms with van der Waals surface area (Å²) in [4.78, 5) is 21.7. The third-order valence-electron chi connectivity index (χ3n) is 4.07. The van der Waals surface area contributed by atoms with Gasteiger partial charge in [-0.15, -0.1) is 11.8 Å². The lowest BCUT2D eigenvalue weighted by atomic mass is 10.3. The van der Waals surface area contributed by atoms with Crippen molar-refractivity contribution in [2.24, 2.45) is 0 Å². The third-order valence-corrected chi connectivity index (χ3v) is 6.52. The summed E-state index contributed by atoms with van der Waals surface area (Å²) in [5, 5.41) is 2.50. The molecule has 0 saturated heterocycles. The molecule has 0 bridgehead atoms. The molecule has 30 heavy (non-hydrogen) atoms. The zero-order chi connectivity index (χ0) is 21.7. The first-order valence-electron chi connectivity index (χ1n) is 9.21. The van der Waals surface area contributed by atoms with E-state index in [4.69, 9.17) is 0 Å². The molecule has 0 aliphatic rings. The number of carbonyl (C=O) groups excluding carboxylic acids is 1. The zero-order valence-corrected chi connectivity index (χ0v) is 18.4. The van der Waals surface area contributed by atoms with Crippen LogP contribution in [0.1, 0.15) is 18.3 Å². The Morgan fingerprint density at radius 1 is 0.967 bits per heavy atom. The van der Waals surface area contributed by atoms with Crippen LogP contribution in [0.4, 0.5) is 11.6 Å². The monoisotopic (exact) mass is 442 g/mol. The van der Waals surface area contributed by atoms with Gasteiger partial charge in [-0.05, 0) is 63.2 Å². The highest BCUT2D eigenvalue weighted by Gasteiger charge is 2.18. The molecule has 0 fully saturated rings. The minimum atomic E-state index is -3.84. The lowest BCUT2D eigenvalue weighted by Crippen LogP contribution is -2.22. The number of amides is 1. The molecule has 0 saturated carbocycles. The Kier molecular flexibility index (Phi) is 6.73. The average molecular weight is 443 g/mol. The largest absolute Gasteiger partial charge is 0.325 e. The molecule has 0 radical (unpaired) electrons. The van der Waals surface area contributed by atoms with E-state index >= 15 is 0 Å². The number of nitrogens with one attached hydrogen (secondary N) is 2. The first-order chi connectivity index (χ1) is 14.2. The second-order valence-corrected chi connectivity index (χ2v) is 9.76. The molecular weight excluding hydrogens is 420 g/mol. The number of hydrogen-bond donors (Lipinski definition) is 2. The van der Waals surface area contributed by atoms with Crippen LogP contribution in [-0.2, 0) is 14.8 Å². The maximum atomic E-state index is 12.6.